The van der Waals surface area contributed by atoms with Crippen molar-refractivity contribution < 1.29 is 18.0 Å². The Morgan fingerprint density at radius 3 is 2.61 bits per heavy atom. The predicted molar refractivity (Wildman–Crippen MR) is 110 cm³/mol. The number of carbonyl (C=O) groups is 1. The molecule has 4 rings (SSSR count). The molecular weight excluding hydrogens is 407 g/mol. The summed E-state index contributed by atoms with van der Waals surface area (Å²) in [6.45, 7) is 0.239. The zero-order valence-corrected chi connectivity index (χ0v) is 16.7. The highest BCUT2D eigenvalue weighted by atomic mass is 19.1. The van der Waals surface area contributed by atoms with Gasteiger partial charge >= 0.3 is 0 Å². The van der Waals surface area contributed by atoms with Crippen LogP contribution < -0.4 is 10.2 Å². The van der Waals surface area contributed by atoms with Crippen molar-refractivity contribution in [1.82, 2.24) is 15.2 Å². The molecule has 1 amide bonds. The first-order chi connectivity index (χ1) is 14.9. The van der Waals surface area contributed by atoms with E-state index in [4.69, 9.17) is 0 Å². The molecule has 0 unspecified atom stereocenters. The molecule has 2 heterocycles. The molecular formula is C22H20F3N5O. The van der Waals surface area contributed by atoms with E-state index in [-0.39, 0.29) is 30.6 Å². The van der Waals surface area contributed by atoms with Crippen molar-refractivity contribution in [3.63, 3.8) is 0 Å². The summed E-state index contributed by atoms with van der Waals surface area (Å²) in [7, 11) is 1.56. The molecule has 1 aliphatic rings. The molecule has 6 nitrogen and oxygen atoms in total. The maximum absolute atomic E-state index is 14.3. The molecule has 1 aliphatic carbocycles. The third-order valence-corrected chi connectivity index (χ3v) is 5.55. The molecule has 1 N–H and O–H groups in total. The predicted octanol–water partition coefficient (Wildman–Crippen LogP) is 3.89. The van der Waals surface area contributed by atoms with Gasteiger partial charge in [0.2, 0.25) is 6.41 Å². The fraction of sp³-hybridized carbons (Fsp3) is 0.273. The van der Waals surface area contributed by atoms with E-state index in [0.29, 0.717) is 23.6 Å². The number of rotatable bonds is 7. The van der Waals surface area contributed by atoms with E-state index in [0.717, 1.165) is 0 Å². The van der Waals surface area contributed by atoms with E-state index in [1.807, 2.05) is 0 Å². The summed E-state index contributed by atoms with van der Waals surface area (Å²) in [5, 5.41) is 11.2. The van der Waals surface area contributed by atoms with Crippen LogP contribution in [0.4, 0.5) is 24.7 Å². The van der Waals surface area contributed by atoms with Crippen LogP contribution in [-0.4, -0.2) is 41.4 Å². The van der Waals surface area contributed by atoms with Crippen molar-refractivity contribution in [2.45, 2.75) is 24.4 Å². The molecule has 160 valence electrons. The Balaban J connectivity index is 1.52. The van der Waals surface area contributed by atoms with E-state index in [9.17, 15) is 18.0 Å². The van der Waals surface area contributed by atoms with Gasteiger partial charge in [-0.3, -0.25) is 9.78 Å². The van der Waals surface area contributed by atoms with Crippen LogP contribution in [0.25, 0.3) is 11.3 Å². The molecule has 0 saturated heterocycles. The number of hydrogen-bond acceptors (Lipinski definition) is 5. The maximum atomic E-state index is 14.3. The lowest BCUT2D eigenvalue weighted by Gasteiger charge is -2.44. The minimum Gasteiger partial charge on any atom is -0.368 e. The number of benzene rings is 1. The van der Waals surface area contributed by atoms with Crippen LogP contribution in [0.15, 0.2) is 48.7 Å². The van der Waals surface area contributed by atoms with Gasteiger partial charge in [-0.15, -0.1) is 10.2 Å². The molecule has 0 bridgehead atoms. The van der Waals surface area contributed by atoms with Crippen molar-refractivity contribution in [1.29, 1.82) is 0 Å². The molecule has 3 aromatic rings. The number of pyridine rings is 1. The molecule has 1 aromatic carbocycles. The summed E-state index contributed by atoms with van der Waals surface area (Å²) < 4.78 is 42.2. The zero-order chi connectivity index (χ0) is 22.0. The average molecular weight is 427 g/mol. The van der Waals surface area contributed by atoms with Gasteiger partial charge in [-0.25, -0.2) is 13.2 Å². The Morgan fingerprint density at radius 2 is 1.97 bits per heavy atom. The van der Waals surface area contributed by atoms with Gasteiger partial charge in [0.1, 0.15) is 23.6 Å². The van der Waals surface area contributed by atoms with Crippen molar-refractivity contribution >= 4 is 17.9 Å². The lowest BCUT2D eigenvalue weighted by atomic mass is 9.65. The smallest absolute Gasteiger partial charge is 0.213 e. The lowest BCUT2D eigenvalue weighted by molar-refractivity contribution is -0.107. The van der Waals surface area contributed by atoms with Gasteiger partial charge in [0, 0.05) is 36.5 Å². The van der Waals surface area contributed by atoms with Gasteiger partial charge in [-0.2, -0.15) is 0 Å². The Morgan fingerprint density at radius 1 is 1.16 bits per heavy atom. The van der Waals surface area contributed by atoms with Crippen LogP contribution in [0.3, 0.4) is 0 Å². The maximum Gasteiger partial charge on any atom is 0.213 e. The standard InChI is InChI=1S/C22H20F3N5O/c1-30(13-31)15-4-5-17(24)16(9-15)19-6-7-20(29-28-19)27-12-22(10-14(23)11-22)21-18(25)3-2-8-26-21/h2-9,13-14H,10-12H2,1H3,(H,27,29). The van der Waals surface area contributed by atoms with Gasteiger partial charge in [-0.1, -0.05) is 0 Å². The first kappa shape index (κ1) is 20.8. The third kappa shape index (κ3) is 4.08. The van der Waals surface area contributed by atoms with Gasteiger partial charge < -0.3 is 10.2 Å². The van der Waals surface area contributed by atoms with Crippen LogP contribution in [-0.2, 0) is 10.2 Å². The van der Waals surface area contributed by atoms with Gasteiger partial charge in [0.05, 0.1) is 11.4 Å². The second-order valence-electron chi connectivity index (χ2n) is 7.66. The Kier molecular flexibility index (Phi) is 5.58. The number of nitrogens with zero attached hydrogens (tertiary/aromatic N) is 4. The Labute approximate surface area is 177 Å². The molecule has 0 atom stereocenters. The first-order valence-corrected chi connectivity index (χ1v) is 9.72. The number of aromatic nitrogens is 3. The molecule has 0 radical (unpaired) electrons. The van der Waals surface area contributed by atoms with E-state index in [2.05, 4.69) is 20.5 Å². The minimum absolute atomic E-state index is 0.168. The third-order valence-electron chi connectivity index (χ3n) is 5.55. The van der Waals surface area contributed by atoms with Gasteiger partial charge in [-0.05, 0) is 55.3 Å². The Bertz CT molecular complexity index is 1090. The summed E-state index contributed by atoms with van der Waals surface area (Å²) >= 11 is 0. The molecule has 31 heavy (non-hydrogen) atoms. The number of alkyl halides is 1. The van der Waals surface area contributed by atoms with Crippen molar-refractivity contribution in [3.05, 3.63) is 66.0 Å². The molecule has 0 spiro atoms. The molecule has 0 aliphatic heterocycles. The monoisotopic (exact) mass is 427 g/mol. The molecule has 2 aromatic heterocycles. The fourth-order valence-corrected chi connectivity index (χ4v) is 3.81. The molecule has 9 heteroatoms. The quantitative estimate of drug-likeness (QED) is 0.580. The molecule has 1 saturated carbocycles. The zero-order valence-electron chi connectivity index (χ0n) is 16.7. The number of nitrogens with one attached hydrogen (secondary N) is 1. The van der Waals surface area contributed by atoms with E-state index in [1.54, 1.807) is 19.2 Å². The van der Waals surface area contributed by atoms with Gasteiger partial charge in [0.25, 0.3) is 0 Å². The van der Waals surface area contributed by atoms with Crippen LogP contribution in [0, 0.1) is 11.6 Å². The number of hydrogen-bond donors (Lipinski definition) is 1. The van der Waals surface area contributed by atoms with E-state index < -0.39 is 23.2 Å². The minimum atomic E-state index is -1.00. The lowest BCUT2D eigenvalue weighted by Crippen LogP contribution is -2.49. The fourth-order valence-electron chi connectivity index (χ4n) is 3.81. The SMILES string of the molecule is CN(C=O)c1ccc(F)c(-c2ccc(NCC3(c4ncccc4F)CC(F)C3)nn2)c1. The largest absolute Gasteiger partial charge is 0.368 e. The highest BCUT2D eigenvalue weighted by Crippen LogP contribution is 2.45. The summed E-state index contributed by atoms with van der Waals surface area (Å²) in [4.78, 5) is 16.4. The van der Waals surface area contributed by atoms with Gasteiger partial charge in [0.15, 0.2) is 0 Å². The van der Waals surface area contributed by atoms with Crippen LogP contribution in [0.2, 0.25) is 0 Å². The first-order valence-electron chi connectivity index (χ1n) is 9.72. The van der Waals surface area contributed by atoms with Crippen molar-refractivity contribution in [2.24, 2.45) is 0 Å². The van der Waals surface area contributed by atoms with E-state index in [1.165, 1.54) is 41.4 Å². The summed E-state index contributed by atoms with van der Waals surface area (Å²) in [5.74, 6) is -0.567. The summed E-state index contributed by atoms with van der Waals surface area (Å²) in [6, 6.07) is 10.3. The topological polar surface area (TPSA) is 71.0 Å². The van der Waals surface area contributed by atoms with Crippen LogP contribution >= 0.6 is 0 Å². The number of anilines is 2. The summed E-state index contributed by atoms with van der Waals surface area (Å²) in [6.07, 6.45) is 1.45. The number of amides is 1. The van der Waals surface area contributed by atoms with E-state index >= 15 is 0 Å². The van der Waals surface area contributed by atoms with Crippen LogP contribution in [0.5, 0.6) is 0 Å². The van der Waals surface area contributed by atoms with Crippen molar-refractivity contribution in [3.8, 4) is 11.3 Å². The number of halogens is 3. The highest BCUT2D eigenvalue weighted by Gasteiger charge is 2.48. The normalized spacial score (nSPS) is 20.1. The second kappa shape index (κ2) is 8.33. The summed E-state index contributed by atoms with van der Waals surface area (Å²) in [5.41, 5.74) is 0.490. The van der Waals surface area contributed by atoms with Crippen LogP contribution in [0.1, 0.15) is 18.5 Å². The Hall–Kier alpha value is -3.49. The average Bonchev–Trinajstić information content (AvgIpc) is 2.76. The second-order valence-corrected chi connectivity index (χ2v) is 7.66. The highest BCUT2D eigenvalue weighted by molar-refractivity contribution is 5.77. The van der Waals surface area contributed by atoms with Crippen molar-refractivity contribution in [2.75, 3.05) is 23.8 Å². The molecule has 1 fully saturated rings. The number of carbonyl (C=O) groups excluding carboxylic acids is 1.